The zero-order valence-corrected chi connectivity index (χ0v) is 15.0. The van der Waals surface area contributed by atoms with Crippen LogP contribution in [0.1, 0.15) is 46.0 Å². The minimum absolute atomic E-state index is 0.0319. The highest BCUT2D eigenvalue weighted by atomic mass is 28.3. The number of ether oxygens (including phenoxy) is 1. The third-order valence-corrected chi connectivity index (χ3v) is 8.77. The minimum atomic E-state index is -1.65. The van der Waals surface area contributed by atoms with Crippen molar-refractivity contribution in [3.63, 3.8) is 0 Å². The predicted octanol–water partition coefficient (Wildman–Crippen LogP) is 4.51. The van der Waals surface area contributed by atoms with Crippen LogP contribution in [-0.4, -0.2) is 20.7 Å². The van der Waals surface area contributed by atoms with E-state index in [2.05, 4.69) is 50.3 Å². The molecule has 1 aromatic rings. The van der Waals surface area contributed by atoms with Gasteiger partial charge in [-0.3, -0.25) is 4.79 Å². The highest BCUT2D eigenvalue weighted by molar-refractivity contribution is 6.91. The van der Waals surface area contributed by atoms with Gasteiger partial charge in [-0.25, -0.2) is 0 Å². The third-order valence-electron chi connectivity index (χ3n) is 4.41. The smallest absolute Gasteiger partial charge is 0.305 e. The first-order chi connectivity index (χ1) is 10.0. The number of hydrogen-bond acceptors (Lipinski definition) is 2. The summed E-state index contributed by atoms with van der Waals surface area (Å²) in [6, 6.07) is 10.7. The van der Waals surface area contributed by atoms with Crippen LogP contribution in [0.3, 0.4) is 0 Å². The predicted molar refractivity (Wildman–Crippen MR) is 92.7 cm³/mol. The summed E-state index contributed by atoms with van der Waals surface area (Å²) >= 11 is 0. The molecule has 2 nitrogen and oxygen atoms in total. The Hall–Kier alpha value is -1.09. The van der Waals surface area contributed by atoms with Gasteiger partial charge in [0.1, 0.15) is 0 Å². The first-order valence-electron chi connectivity index (χ1n) is 8.23. The lowest BCUT2D eigenvalue weighted by Crippen LogP contribution is -2.46. The minimum Gasteiger partial charge on any atom is -0.466 e. The van der Waals surface area contributed by atoms with Crippen molar-refractivity contribution in [2.45, 2.75) is 64.6 Å². The largest absolute Gasteiger partial charge is 0.466 e. The van der Waals surface area contributed by atoms with E-state index in [4.69, 9.17) is 4.74 Å². The SMILES string of the molecule is CCCCCC(CC(=O)OCC)[Si](C)(C)c1ccccc1. The van der Waals surface area contributed by atoms with Crippen molar-refractivity contribution in [3.05, 3.63) is 30.3 Å². The maximum absolute atomic E-state index is 12.0. The molecule has 0 spiro atoms. The van der Waals surface area contributed by atoms with Crippen LogP contribution in [-0.2, 0) is 9.53 Å². The van der Waals surface area contributed by atoms with Crippen LogP contribution < -0.4 is 5.19 Å². The van der Waals surface area contributed by atoms with Crippen LogP contribution >= 0.6 is 0 Å². The summed E-state index contributed by atoms with van der Waals surface area (Å²) in [5.41, 5.74) is 0.463. The Labute approximate surface area is 130 Å². The molecule has 0 bridgehead atoms. The van der Waals surface area contributed by atoms with Gasteiger partial charge in [-0.2, -0.15) is 0 Å². The second kappa shape index (κ2) is 9.03. The van der Waals surface area contributed by atoms with Gasteiger partial charge in [-0.15, -0.1) is 0 Å². The topological polar surface area (TPSA) is 26.3 Å². The fourth-order valence-electron chi connectivity index (χ4n) is 2.88. The summed E-state index contributed by atoms with van der Waals surface area (Å²) in [7, 11) is -1.65. The Morgan fingerprint density at radius 1 is 1.14 bits per heavy atom. The zero-order valence-electron chi connectivity index (χ0n) is 14.0. The number of benzene rings is 1. The molecule has 0 aromatic heterocycles. The maximum Gasteiger partial charge on any atom is 0.305 e. The van der Waals surface area contributed by atoms with Crippen LogP contribution in [0.2, 0.25) is 18.6 Å². The molecule has 0 aliphatic carbocycles. The van der Waals surface area contributed by atoms with Gasteiger partial charge in [0.05, 0.1) is 14.7 Å². The molecule has 1 rings (SSSR count). The molecule has 1 aromatic carbocycles. The molecule has 0 fully saturated rings. The Bertz CT molecular complexity index is 414. The fourth-order valence-corrected chi connectivity index (χ4v) is 6.01. The number of hydrogen-bond donors (Lipinski definition) is 0. The molecule has 0 amide bonds. The van der Waals surface area contributed by atoms with Crippen molar-refractivity contribution in [2.75, 3.05) is 6.61 Å². The fraction of sp³-hybridized carbons (Fsp3) is 0.611. The molecular weight excluding hydrogens is 276 g/mol. The van der Waals surface area contributed by atoms with E-state index in [1.807, 2.05) is 6.92 Å². The van der Waals surface area contributed by atoms with Crippen molar-refractivity contribution < 1.29 is 9.53 Å². The first kappa shape index (κ1) is 18.0. The molecule has 0 heterocycles. The molecular formula is C18H30O2Si. The van der Waals surface area contributed by atoms with Gasteiger partial charge < -0.3 is 4.74 Å². The molecule has 0 radical (unpaired) electrons. The highest BCUT2D eigenvalue weighted by Gasteiger charge is 2.34. The average Bonchev–Trinajstić information content (AvgIpc) is 2.47. The Morgan fingerprint density at radius 2 is 1.81 bits per heavy atom. The van der Waals surface area contributed by atoms with Crippen molar-refractivity contribution in [1.82, 2.24) is 0 Å². The van der Waals surface area contributed by atoms with Gasteiger partial charge in [0, 0.05) is 6.42 Å². The second-order valence-corrected chi connectivity index (χ2v) is 11.1. The van der Waals surface area contributed by atoms with Crippen LogP contribution in [0.25, 0.3) is 0 Å². The lowest BCUT2D eigenvalue weighted by atomic mass is 10.1. The molecule has 0 N–H and O–H groups in total. The van der Waals surface area contributed by atoms with Gasteiger partial charge in [-0.1, -0.05) is 81.2 Å². The van der Waals surface area contributed by atoms with Crippen molar-refractivity contribution in [3.8, 4) is 0 Å². The van der Waals surface area contributed by atoms with Gasteiger partial charge in [0.15, 0.2) is 0 Å². The number of carbonyl (C=O) groups is 1. The lowest BCUT2D eigenvalue weighted by molar-refractivity contribution is -0.143. The van der Waals surface area contributed by atoms with E-state index >= 15 is 0 Å². The number of esters is 1. The van der Waals surface area contributed by atoms with Crippen molar-refractivity contribution in [1.29, 1.82) is 0 Å². The molecule has 3 heteroatoms. The standard InChI is InChI=1S/C18H30O2Si/c1-5-7-9-14-17(15-18(19)20-6-2)21(3,4)16-12-10-8-11-13-16/h8,10-13,17H,5-7,9,14-15H2,1-4H3. The molecule has 0 aliphatic heterocycles. The Balaban J connectivity index is 2.84. The lowest BCUT2D eigenvalue weighted by Gasteiger charge is -2.32. The molecule has 0 aliphatic rings. The third kappa shape index (κ3) is 5.66. The van der Waals surface area contributed by atoms with E-state index < -0.39 is 8.07 Å². The normalized spacial score (nSPS) is 13.0. The van der Waals surface area contributed by atoms with E-state index in [0.29, 0.717) is 18.6 Å². The highest BCUT2D eigenvalue weighted by Crippen LogP contribution is 2.31. The average molecular weight is 307 g/mol. The monoisotopic (exact) mass is 306 g/mol. The van der Waals surface area contributed by atoms with E-state index in [9.17, 15) is 4.79 Å². The summed E-state index contributed by atoms with van der Waals surface area (Å²) in [6.45, 7) is 9.36. The molecule has 21 heavy (non-hydrogen) atoms. The van der Waals surface area contributed by atoms with E-state index in [-0.39, 0.29) is 5.97 Å². The second-order valence-electron chi connectivity index (χ2n) is 6.29. The molecule has 118 valence electrons. The van der Waals surface area contributed by atoms with Crippen molar-refractivity contribution >= 4 is 19.2 Å². The maximum atomic E-state index is 12.0. The van der Waals surface area contributed by atoms with Crippen LogP contribution in [0.5, 0.6) is 0 Å². The van der Waals surface area contributed by atoms with Crippen LogP contribution in [0.15, 0.2) is 30.3 Å². The van der Waals surface area contributed by atoms with Crippen molar-refractivity contribution in [2.24, 2.45) is 0 Å². The number of unbranched alkanes of at least 4 members (excludes halogenated alkanes) is 2. The van der Waals surface area contributed by atoms with Gasteiger partial charge >= 0.3 is 5.97 Å². The van der Waals surface area contributed by atoms with Gasteiger partial charge in [0.2, 0.25) is 0 Å². The summed E-state index contributed by atoms with van der Waals surface area (Å²) < 4.78 is 5.19. The zero-order chi connectivity index (χ0) is 15.7. The summed E-state index contributed by atoms with van der Waals surface area (Å²) in [5, 5.41) is 1.44. The van der Waals surface area contributed by atoms with Crippen LogP contribution in [0.4, 0.5) is 0 Å². The van der Waals surface area contributed by atoms with E-state index in [1.54, 1.807) is 0 Å². The van der Waals surface area contributed by atoms with Gasteiger partial charge in [-0.05, 0) is 12.5 Å². The number of rotatable bonds is 9. The Kier molecular flexibility index (Phi) is 7.72. The van der Waals surface area contributed by atoms with E-state index in [1.165, 1.54) is 24.4 Å². The summed E-state index contributed by atoms with van der Waals surface area (Å²) in [4.78, 5) is 12.0. The first-order valence-corrected chi connectivity index (χ1v) is 11.3. The molecule has 0 saturated carbocycles. The van der Waals surface area contributed by atoms with Crippen LogP contribution in [0, 0.1) is 0 Å². The Morgan fingerprint density at radius 3 is 2.38 bits per heavy atom. The molecule has 1 unspecified atom stereocenters. The number of carbonyl (C=O) groups excluding carboxylic acids is 1. The quantitative estimate of drug-likeness (QED) is 0.381. The van der Waals surface area contributed by atoms with Gasteiger partial charge in [0.25, 0.3) is 0 Å². The molecule has 0 saturated heterocycles. The van der Waals surface area contributed by atoms with E-state index in [0.717, 1.165) is 6.42 Å². The molecule has 1 atom stereocenters. The summed E-state index contributed by atoms with van der Waals surface area (Å²) in [5.74, 6) is -0.0319. The summed E-state index contributed by atoms with van der Waals surface area (Å²) in [6.07, 6.45) is 5.40.